The molecule has 1 aromatic carbocycles. The van der Waals surface area contributed by atoms with Gasteiger partial charge in [-0.15, -0.1) is 0 Å². The third kappa shape index (κ3) is 7.15. The Morgan fingerprint density at radius 1 is 0.958 bits per heavy atom. The Morgan fingerprint density at radius 3 is 2.29 bits per heavy atom. The quantitative estimate of drug-likeness (QED) is 0.492. The van der Waals surface area contributed by atoms with Crippen molar-refractivity contribution in [2.24, 2.45) is 17.8 Å². The summed E-state index contributed by atoms with van der Waals surface area (Å²) in [6.07, 6.45) is 5.08. The highest BCUT2D eigenvalue weighted by atomic mass is 19.1. The molecule has 1 N–H and O–H groups in total. The molecule has 3 amide bonds. The second-order valence-corrected chi connectivity index (χ2v) is 16.4. The summed E-state index contributed by atoms with van der Waals surface area (Å²) >= 11 is 0. The van der Waals surface area contributed by atoms with Crippen molar-refractivity contribution in [1.29, 1.82) is 0 Å². The highest BCUT2D eigenvalue weighted by Crippen LogP contribution is 2.45. The summed E-state index contributed by atoms with van der Waals surface area (Å²) in [6, 6.07) is 2.97. The highest BCUT2D eigenvalue weighted by molar-refractivity contribution is 5.90. The smallest absolute Gasteiger partial charge is 0.249 e. The molecule has 48 heavy (non-hydrogen) atoms. The minimum Gasteiger partial charge on any atom is -0.368 e. The predicted octanol–water partition coefficient (Wildman–Crippen LogP) is 4.01. The molecule has 6 rings (SSSR count). The lowest BCUT2D eigenvalue weighted by Gasteiger charge is -2.45. The number of nitrogens with zero attached hydrogens (tertiary/aromatic N) is 4. The summed E-state index contributed by atoms with van der Waals surface area (Å²) in [5.41, 5.74) is -0.483. The molecule has 1 aromatic rings. The molecular weight excluding hydrogens is 616 g/mol. The van der Waals surface area contributed by atoms with Crippen molar-refractivity contribution in [3.05, 3.63) is 35.4 Å². The number of rotatable bonds is 6. The molecule has 1 saturated carbocycles. The van der Waals surface area contributed by atoms with E-state index in [2.05, 4.69) is 42.8 Å². The second-order valence-electron chi connectivity index (χ2n) is 16.4. The molecule has 0 aromatic heterocycles. The van der Waals surface area contributed by atoms with Crippen molar-refractivity contribution in [2.45, 2.75) is 102 Å². The Bertz CT molecular complexity index is 1350. The van der Waals surface area contributed by atoms with Crippen molar-refractivity contribution < 1.29 is 27.9 Å². The number of benzene rings is 1. The first-order valence-corrected chi connectivity index (χ1v) is 18.2. The molecule has 5 atom stereocenters. The summed E-state index contributed by atoms with van der Waals surface area (Å²) in [5, 5.41) is 3.46. The van der Waals surface area contributed by atoms with Gasteiger partial charge in [-0.25, -0.2) is 8.78 Å². The molecule has 4 aliphatic heterocycles. The zero-order valence-electron chi connectivity index (χ0n) is 29.5. The topological polar surface area (TPSA) is 85.4 Å². The van der Waals surface area contributed by atoms with Crippen LogP contribution in [-0.4, -0.2) is 120 Å². The summed E-state index contributed by atoms with van der Waals surface area (Å²) in [7, 11) is 2.05. The molecule has 266 valence electrons. The fraction of sp³-hybridized carbons (Fsp3) is 0.757. The van der Waals surface area contributed by atoms with Gasteiger partial charge in [-0.2, -0.15) is 0 Å². The summed E-state index contributed by atoms with van der Waals surface area (Å²) in [6.45, 7) is 13.0. The summed E-state index contributed by atoms with van der Waals surface area (Å²) in [4.78, 5) is 51.0. The number of hydrogen-bond donors (Lipinski definition) is 1. The maximum Gasteiger partial charge on any atom is 0.249 e. The van der Waals surface area contributed by atoms with Crippen LogP contribution in [0.5, 0.6) is 0 Å². The largest absolute Gasteiger partial charge is 0.368 e. The van der Waals surface area contributed by atoms with Crippen LogP contribution < -0.4 is 5.32 Å². The molecule has 0 spiro atoms. The van der Waals surface area contributed by atoms with E-state index >= 15 is 4.39 Å². The zero-order chi connectivity index (χ0) is 34.4. The Kier molecular flexibility index (Phi) is 10.2. The van der Waals surface area contributed by atoms with Gasteiger partial charge in [-0.05, 0) is 90.3 Å². The number of nitrogens with one attached hydrogen (secondary N) is 1. The van der Waals surface area contributed by atoms with Crippen LogP contribution in [0.1, 0.15) is 84.1 Å². The van der Waals surface area contributed by atoms with Crippen LogP contribution in [0.25, 0.3) is 0 Å². The first kappa shape index (κ1) is 35.2. The number of ether oxygens (including phenoxy) is 1. The molecule has 4 saturated heterocycles. The van der Waals surface area contributed by atoms with Crippen LogP contribution in [0.3, 0.4) is 0 Å². The molecule has 0 unspecified atom stereocenters. The van der Waals surface area contributed by atoms with Crippen LogP contribution in [0, 0.1) is 29.4 Å². The van der Waals surface area contributed by atoms with E-state index in [1.165, 1.54) is 12.1 Å². The zero-order valence-corrected chi connectivity index (χ0v) is 29.5. The number of likely N-dealkylation sites (tertiary alicyclic amines) is 2. The molecule has 0 radical (unpaired) electrons. The maximum atomic E-state index is 15.4. The fourth-order valence-corrected chi connectivity index (χ4v) is 8.91. The van der Waals surface area contributed by atoms with Gasteiger partial charge in [0.2, 0.25) is 17.7 Å². The average molecular weight is 672 g/mol. The van der Waals surface area contributed by atoms with E-state index in [0.717, 1.165) is 51.3 Å². The lowest BCUT2D eigenvalue weighted by molar-refractivity contribution is -0.147. The highest BCUT2D eigenvalue weighted by Gasteiger charge is 2.54. The summed E-state index contributed by atoms with van der Waals surface area (Å²) < 4.78 is 35.1. The van der Waals surface area contributed by atoms with Crippen LogP contribution in [0.4, 0.5) is 8.78 Å². The normalized spacial score (nSPS) is 33.7. The monoisotopic (exact) mass is 671 g/mol. The van der Waals surface area contributed by atoms with Gasteiger partial charge in [0, 0.05) is 81.4 Å². The first-order valence-electron chi connectivity index (χ1n) is 18.2. The number of carbonyl (C=O) groups excluding carboxylic acids is 3. The molecule has 0 bridgehead atoms. The number of likely N-dealkylation sites (N-methyl/N-ethyl adjacent to an activating group) is 1. The van der Waals surface area contributed by atoms with Crippen molar-refractivity contribution in [2.75, 3.05) is 59.5 Å². The Labute approximate surface area is 284 Å². The molecule has 11 heteroatoms. The van der Waals surface area contributed by atoms with Gasteiger partial charge in [-0.1, -0.05) is 13.0 Å². The minimum absolute atomic E-state index is 0.0427. The lowest BCUT2D eigenvalue weighted by atomic mass is 9.69. The fourth-order valence-electron chi connectivity index (χ4n) is 8.91. The van der Waals surface area contributed by atoms with E-state index in [1.54, 1.807) is 4.90 Å². The van der Waals surface area contributed by atoms with E-state index in [1.807, 2.05) is 11.9 Å². The summed E-state index contributed by atoms with van der Waals surface area (Å²) in [5.74, 6) is -2.25. The Balaban J connectivity index is 1.33. The van der Waals surface area contributed by atoms with Crippen molar-refractivity contribution >= 4 is 17.7 Å². The molecular formula is C37H55F2N5O4. The Morgan fingerprint density at radius 2 is 1.67 bits per heavy atom. The van der Waals surface area contributed by atoms with Gasteiger partial charge in [0.15, 0.2) is 0 Å². The van der Waals surface area contributed by atoms with Crippen LogP contribution in [-0.2, 0) is 19.1 Å². The molecule has 4 heterocycles. The number of halogens is 2. The van der Waals surface area contributed by atoms with Crippen LogP contribution in [0.2, 0.25) is 0 Å². The van der Waals surface area contributed by atoms with Gasteiger partial charge >= 0.3 is 0 Å². The van der Waals surface area contributed by atoms with Gasteiger partial charge in [0.05, 0.1) is 5.92 Å². The SMILES string of the molecule is CC1CCC(NC(=O)[C@@H]2CCCO2)([C@H]2C[C@@H](C(=O)N3CCN(C)CC3)N(C(=O)[C@@H]3CN(C(C)(C)C)C[C@H]3c3ccc(F)cc3F)C2)CC1. The molecule has 9 nitrogen and oxygen atoms in total. The molecule has 1 aliphatic carbocycles. The van der Waals surface area contributed by atoms with E-state index in [-0.39, 0.29) is 29.2 Å². The van der Waals surface area contributed by atoms with E-state index in [4.69, 9.17) is 4.74 Å². The van der Waals surface area contributed by atoms with E-state index in [9.17, 15) is 18.8 Å². The van der Waals surface area contributed by atoms with Gasteiger partial charge in [0.25, 0.3) is 0 Å². The van der Waals surface area contributed by atoms with Crippen molar-refractivity contribution in [3.8, 4) is 0 Å². The third-order valence-electron chi connectivity index (χ3n) is 12.2. The average Bonchev–Trinajstić information content (AvgIpc) is 3.82. The predicted molar refractivity (Wildman–Crippen MR) is 179 cm³/mol. The third-order valence-corrected chi connectivity index (χ3v) is 12.2. The van der Waals surface area contributed by atoms with Crippen molar-refractivity contribution in [3.63, 3.8) is 0 Å². The number of piperazine rings is 1. The van der Waals surface area contributed by atoms with Gasteiger partial charge in [0.1, 0.15) is 23.8 Å². The molecule has 5 fully saturated rings. The second kappa shape index (κ2) is 13.9. The minimum atomic E-state index is -0.663. The van der Waals surface area contributed by atoms with Gasteiger partial charge < -0.3 is 24.8 Å². The number of hydrogen-bond acceptors (Lipinski definition) is 6. The number of amides is 3. The number of carbonyl (C=O) groups is 3. The standard InChI is InChI=1S/C37H55F2N5O4/c1-24-10-12-37(13-11-24,40-33(45)32-7-6-18-48-32)25-19-31(35(47)42-16-14-41(5)15-17-42)44(21-25)34(46)29-23-43(36(2,3)4)22-28(29)27-9-8-26(38)20-30(27)39/h8-9,20,24-25,28-29,31-32H,6-7,10-19,21-23H2,1-5H3,(H,40,45)/t24?,25-,28-,29+,31-,32-,37?/m0/s1. The maximum absolute atomic E-state index is 15.4. The van der Waals surface area contributed by atoms with Crippen molar-refractivity contribution in [1.82, 2.24) is 24.9 Å². The first-order chi connectivity index (χ1) is 22.8. The van der Waals surface area contributed by atoms with Crippen LogP contribution in [0.15, 0.2) is 18.2 Å². The van der Waals surface area contributed by atoms with E-state index in [0.29, 0.717) is 63.7 Å². The van der Waals surface area contributed by atoms with Gasteiger partial charge in [-0.3, -0.25) is 19.3 Å². The van der Waals surface area contributed by atoms with Crippen LogP contribution >= 0.6 is 0 Å². The lowest BCUT2D eigenvalue weighted by Crippen LogP contribution is -2.58. The Hall–Kier alpha value is -2.63. The van der Waals surface area contributed by atoms with E-state index < -0.39 is 41.2 Å². The molecule has 5 aliphatic rings.